The topological polar surface area (TPSA) is 69.6 Å². The minimum atomic E-state index is -0.229. The number of nitrogens with one attached hydrogen (secondary N) is 1. The van der Waals surface area contributed by atoms with Crippen LogP contribution < -0.4 is 5.32 Å². The molecule has 0 saturated carbocycles. The lowest BCUT2D eigenvalue weighted by atomic mass is 10.2. The van der Waals surface area contributed by atoms with E-state index in [1.807, 2.05) is 42.5 Å². The van der Waals surface area contributed by atoms with Gasteiger partial charge in [0.2, 0.25) is 5.91 Å². The van der Waals surface area contributed by atoms with Crippen molar-refractivity contribution in [1.29, 1.82) is 0 Å². The molecule has 1 saturated heterocycles. The first-order chi connectivity index (χ1) is 13.5. The van der Waals surface area contributed by atoms with Gasteiger partial charge in [-0.05, 0) is 35.9 Å². The number of carbonyl (C=O) groups is 2. The number of carbonyl (C=O) groups excluding carboxylic acids is 2. The lowest BCUT2D eigenvalue weighted by molar-refractivity contribution is -0.122. The van der Waals surface area contributed by atoms with Crippen LogP contribution in [0.5, 0.6) is 5.75 Å². The SMILES string of the molecule is O=C(CCN1C(=O)/C(=C\C=C\c2ccccc2)SC1=S)Nc1ccc(O)cc1. The average Bonchev–Trinajstić information content (AvgIpc) is 2.96. The van der Waals surface area contributed by atoms with Gasteiger partial charge in [0.05, 0.1) is 4.91 Å². The third-order valence-corrected chi connectivity index (χ3v) is 5.32. The second-order valence-corrected chi connectivity index (χ2v) is 7.65. The van der Waals surface area contributed by atoms with Gasteiger partial charge < -0.3 is 10.4 Å². The number of allylic oxidation sites excluding steroid dienone is 2. The van der Waals surface area contributed by atoms with Crippen molar-refractivity contribution >= 4 is 51.9 Å². The quantitative estimate of drug-likeness (QED) is 0.425. The molecule has 0 unspecified atom stereocenters. The van der Waals surface area contributed by atoms with Crippen LogP contribution in [0, 0.1) is 0 Å². The molecule has 5 nitrogen and oxygen atoms in total. The molecule has 2 aromatic carbocycles. The molecule has 2 N–H and O–H groups in total. The summed E-state index contributed by atoms with van der Waals surface area (Å²) in [6.45, 7) is 0.217. The highest BCUT2D eigenvalue weighted by atomic mass is 32.2. The first-order valence-corrected chi connectivity index (χ1v) is 9.81. The summed E-state index contributed by atoms with van der Waals surface area (Å²) in [7, 11) is 0. The van der Waals surface area contributed by atoms with Crippen molar-refractivity contribution in [3.8, 4) is 5.75 Å². The maximum absolute atomic E-state index is 12.5. The number of hydrogen-bond donors (Lipinski definition) is 2. The summed E-state index contributed by atoms with van der Waals surface area (Å²) < 4.78 is 0.446. The summed E-state index contributed by atoms with van der Waals surface area (Å²) >= 11 is 6.51. The van der Waals surface area contributed by atoms with Crippen molar-refractivity contribution in [2.75, 3.05) is 11.9 Å². The molecule has 0 aromatic heterocycles. The Labute approximate surface area is 172 Å². The molecule has 7 heteroatoms. The number of aromatic hydroxyl groups is 1. The van der Waals surface area contributed by atoms with Gasteiger partial charge in [0.15, 0.2) is 0 Å². The molecule has 3 rings (SSSR count). The highest BCUT2D eigenvalue weighted by Gasteiger charge is 2.31. The van der Waals surface area contributed by atoms with Crippen LogP contribution in [0.2, 0.25) is 0 Å². The van der Waals surface area contributed by atoms with Crippen LogP contribution in [0.3, 0.4) is 0 Å². The molecule has 142 valence electrons. The number of hydrogen-bond acceptors (Lipinski definition) is 5. The summed E-state index contributed by atoms with van der Waals surface area (Å²) in [6.07, 6.45) is 5.60. The van der Waals surface area contributed by atoms with E-state index in [0.717, 1.165) is 5.56 Å². The van der Waals surface area contributed by atoms with Gasteiger partial charge in [-0.3, -0.25) is 14.5 Å². The fraction of sp³-hybridized carbons (Fsp3) is 0.0952. The van der Waals surface area contributed by atoms with E-state index in [1.54, 1.807) is 18.2 Å². The molecule has 0 bridgehead atoms. The summed E-state index contributed by atoms with van der Waals surface area (Å²) in [5.74, 6) is -0.290. The maximum Gasteiger partial charge on any atom is 0.266 e. The highest BCUT2D eigenvalue weighted by Crippen LogP contribution is 2.31. The lowest BCUT2D eigenvalue weighted by Gasteiger charge is -2.14. The van der Waals surface area contributed by atoms with E-state index >= 15 is 0 Å². The van der Waals surface area contributed by atoms with Gasteiger partial charge in [0.1, 0.15) is 10.1 Å². The highest BCUT2D eigenvalue weighted by molar-refractivity contribution is 8.26. The molecule has 1 aliphatic rings. The van der Waals surface area contributed by atoms with Gasteiger partial charge in [0, 0.05) is 18.7 Å². The predicted octanol–water partition coefficient (Wildman–Crippen LogP) is 4.18. The number of rotatable bonds is 6. The van der Waals surface area contributed by atoms with Crippen molar-refractivity contribution < 1.29 is 14.7 Å². The Morgan fingerprint density at radius 1 is 1.14 bits per heavy atom. The minimum absolute atomic E-state index is 0.125. The van der Waals surface area contributed by atoms with Gasteiger partial charge in [-0.1, -0.05) is 66.5 Å². The van der Waals surface area contributed by atoms with Crippen molar-refractivity contribution in [1.82, 2.24) is 4.90 Å². The number of nitrogens with zero attached hydrogens (tertiary/aromatic N) is 1. The monoisotopic (exact) mass is 410 g/mol. The molecular formula is C21H18N2O3S2. The minimum Gasteiger partial charge on any atom is -0.508 e. The summed E-state index contributed by atoms with van der Waals surface area (Å²) in [5.41, 5.74) is 1.62. The van der Waals surface area contributed by atoms with E-state index in [-0.39, 0.29) is 30.5 Å². The van der Waals surface area contributed by atoms with Crippen LogP contribution in [0.25, 0.3) is 6.08 Å². The zero-order chi connectivity index (χ0) is 19.9. The predicted molar refractivity (Wildman–Crippen MR) is 117 cm³/mol. The van der Waals surface area contributed by atoms with Crippen LogP contribution in [-0.2, 0) is 9.59 Å². The van der Waals surface area contributed by atoms with Gasteiger partial charge in [0.25, 0.3) is 5.91 Å². The second kappa shape index (κ2) is 9.34. The molecule has 0 aliphatic carbocycles. The van der Waals surface area contributed by atoms with Crippen LogP contribution >= 0.6 is 24.0 Å². The van der Waals surface area contributed by atoms with Crippen LogP contribution in [-0.4, -0.2) is 32.7 Å². The summed E-state index contributed by atoms with van der Waals surface area (Å²) in [4.78, 5) is 26.6. The average molecular weight is 411 g/mol. The lowest BCUT2D eigenvalue weighted by Crippen LogP contribution is -2.31. The number of thioether (sulfide) groups is 1. The number of phenols is 1. The molecular weight excluding hydrogens is 392 g/mol. The molecule has 2 amide bonds. The third kappa shape index (κ3) is 5.31. The Morgan fingerprint density at radius 2 is 1.86 bits per heavy atom. The van der Waals surface area contributed by atoms with Gasteiger partial charge in [-0.15, -0.1) is 0 Å². The molecule has 1 heterocycles. The van der Waals surface area contributed by atoms with Crippen molar-refractivity contribution in [3.05, 3.63) is 77.2 Å². The first-order valence-electron chi connectivity index (χ1n) is 8.59. The molecule has 1 aliphatic heterocycles. The van der Waals surface area contributed by atoms with Gasteiger partial charge in [-0.25, -0.2) is 0 Å². The van der Waals surface area contributed by atoms with Gasteiger partial charge >= 0.3 is 0 Å². The van der Waals surface area contributed by atoms with E-state index in [2.05, 4.69) is 5.32 Å². The molecule has 0 spiro atoms. The Balaban J connectivity index is 1.54. The Morgan fingerprint density at radius 3 is 2.57 bits per heavy atom. The largest absolute Gasteiger partial charge is 0.508 e. The zero-order valence-electron chi connectivity index (χ0n) is 14.9. The second-order valence-electron chi connectivity index (χ2n) is 5.97. The standard InChI is InChI=1S/C21H18N2O3S2/c24-17-11-9-16(10-12-17)22-19(25)13-14-23-20(26)18(28-21(23)27)8-4-7-15-5-2-1-3-6-15/h1-12,24H,13-14H2,(H,22,25)/b7-4+,18-8+. The summed E-state index contributed by atoms with van der Waals surface area (Å²) in [5, 5.41) is 12.0. The van der Waals surface area contributed by atoms with E-state index in [9.17, 15) is 14.7 Å². The summed E-state index contributed by atoms with van der Waals surface area (Å²) in [6, 6.07) is 16.0. The third-order valence-electron chi connectivity index (χ3n) is 3.92. The number of amides is 2. The Kier molecular flexibility index (Phi) is 6.62. The van der Waals surface area contributed by atoms with E-state index < -0.39 is 0 Å². The molecule has 28 heavy (non-hydrogen) atoms. The molecule has 2 aromatic rings. The molecule has 0 atom stereocenters. The fourth-order valence-electron chi connectivity index (χ4n) is 2.50. The number of anilines is 1. The Hall–Kier alpha value is -2.90. The fourth-order valence-corrected chi connectivity index (χ4v) is 3.76. The first kappa shape index (κ1) is 19.9. The van der Waals surface area contributed by atoms with Crippen LogP contribution in [0.15, 0.2) is 71.7 Å². The van der Waals surface area contributed by atoms with Crippen molar-refractivity contribution in [3.63, 3.8) is 0 Å². The van der Waals surface area contributed by atoms with Crippen molar-refractivity contribution in [2.24, 2.45) is 0 Å². The van der Waals surface area contributed by atoms with Crippen LogP contribution in [0.1, 0.15) is 12.0 Å². The van der Waals surface area contributed by atoms with E-state index in [1.165, 1.54) is 28.8 Å². The number of phenolic OH excluding ortho intramolecular Hbond substituents is 1. The Bertz CT molecular complexity index is 938. The smallest absolute Gasteiger partial charge is 0.266 e. The number of benzene rings is 2. The molecule has 0 radical (unpaired) electrons. The zero-order valence-corrected chi connectivity index (χ0v) is 16.5. The van der Waals surface area contributed by atoms with E-state index in [0.29, 0.717) is 14.9 Å². The normalized spacial score (nSPS) is 15.6. The molecule has 1 fully saturated rings. The maximum atomic E-state index is 12.5. The number of thiocarbonyl (C=S) groups is 1. The van der Waals surface area contributed by atoms with E-state index in [4.69, 9.17) is 12.2 Å². The van der Waals surface area contributed by atoms with Crippen molar-refractivity contribution in [2.45, 2.75) is 6.42 Å². The van der Waals surface area contributed by atoms with Crippen LogP contribution in [0.4, 0.5) is 5.69 Å². The van der Waals surface area contributed by atoms with Gasteiger partial charge in [-0.2, -0.15) is 0 Å².